The average Bonchev–Trinajstić information content (AvgIpc) is 2.01. The molecule has 0 aliphatic rings. The molecule has 1 aromatic rings. The SMILES string of the molecule is CS(C)(=O)=NC(=O)c1cccc(O)c1. The lowest BCUT2D eigenvalue weighted by atomic mass is 10.2. The molecule has 0 unspecified atom stereocenters. The predicted molar refractivity (Wildman–Crippen MR) is 54.9 cm³/mol. The monoisotopic (exact) mass is 213 g/mol. The van der Waals surface area contributed by atoms with Crippen molar-refractivity contribution in [2.45, 2.75) is 0 Å². The number of amides is 1. The van der Waals surface area contributed by atoms with Gasteiger partial charge >= 0.3 is 0 Å². The first-order chi connectivity index (χ1) is 6.38. The van der Waals surface area contributed by atoms with Crippen molar-refractivity contribution in [1.29, 1.82) is 0 Å². The molecule has 0 spiro atoms. The summed E-state index contributed by atoms with van der Waals surface area (Å²) in [6, 6.07) is 5.78. The fraction of sp³-hybridized carbons (Fsp3) is 0.222. The highest BCUT2D eigenvalue weighted by Crippen LogP contribution is 2.12. The molecule has 0 aromatic heterocycles. The maximum Gasteiger partial charge on any atom is 0.285 e. The third-order valence-corrected chi connectivity index (χ3v) is 2.00. The molecule has 0 aliphatic carbocycles. The van der Waals surface area contributed by atoms with Gasteiger partial charge in [0.1, 0.15) is 5.75 Å². The minimum Gasteiger partial charge on any atom is -0.508 e. The van der Waals surface area contributed by atoms with Crippen LogP contribution in [0.3, 0.4) is 0 Å². The highest BCUT2D eigenvalue weighted by Gasteiger charge is 2.05. The Morgan fingerprint density at radius 2 is 2.07 bits per heavy atom. The highest BCUT2D eigenvalue weighted by molar-refractivity contribution is 7.92. The molecule has 1 aromatic carbocycles. The van der Waals surface area contributed by atoms with Crippen molar-refractivity contribution in [2.24, 2.45) is 4.36 Å². The Morgan fingerprint density at radius 1 is 1.43 bits per heavy atom. The summed E-state index contributed by atoms with van der Waals surface area (Å²) in [5.41, 5.74) is 0.237. The van der Waals surface area contributed by atoms with Crippen LogP contribution in [-0.2, 0) is 9.73 Å². The molecule has 5 heteroatoms. The van der Waals surface area contributed by atoms with Gasteiger partial charge in [-0.05, 0) is 18.2 Å². The molecule has 4 nitrogen and oxygen atoms in total. The van der Waals surface area contributed by atoms with Crippen LogP contribution in [0.5, 0.6) is 5.75 Å². The van der Waals surface area contributed by atoms with Crippen LogP contribution in [0.1, 0.15) is 10.4 Å². The van der Waals surface area contributed by atoms with E-state index in [2.05, 4.69) is 4.36 Å². The molecule has 0 saturated carbocycles. The third-order valence-electron chi connectivity index (χ3n) is 1.40. The first-order valence-electron chi connectivity index (χ1n) is 3.89. The van der Waals surface area contributed by atoms with Crippen molar-refractivity contribution in [3.05, 3.63) is 29.8 Å². The summed E-state index contributed by atoms with van der Waals surface area (Å²) >= 11 is 0. The minimum atomic E-state index is -2.44. The molecule has 76 valence electrons. The van der Waals surface area contributed by atoms with Gasteiger partial charge in [-0.25, -0.2) is 4.21 Å². The predicted octanol–water partition coefficient (Wildman–Crippen LogP) is 1.26. The smallest absolute Gasteiger partial charge is 0.285 e. The second kappa shape index (κ2) is 3.79. The van der Waals surface area contributed by atoms with Crippen molar-refractivity contribution in [1.82, 2.24) is 0 Å². The van der Waals surface area contributed by atoms with Gasteiger partial charge in [-0.1, -0.05) is 6.07 Å². The van der Waals surface area contributed by atoms with Crippen LogP contribution in [0.2, 0.25) is 0 Å². The van der Waals surface area contributed by atoms with Crippen LogP contribution in [0, 0.1) is 0 Å². The summed E-state index contributed by atoms with van der Waals surface area (Å²) in [7, 11) is -2.44. The van der Waals surface area contributed by atoms with E-state index in [0.29, 0.717) is 0 Å². The van der Waals surface area contributed by atoms with Crippen LogP contribution in [-0.4, -0.2) is 27.7 Å². The van der Waals surface area contributed by atoms with Gasteiger partial charge in [0, 0.05) is 27.8 Å². The van der Waals surface area contributed by atoms with Crippen molar-refractivity contribution in [2.75, 3.05) is 12.5 Å². The molecule has 0 heterocycles. The maximum atomic E-state index is 11.4. The van der Waals surface area contributed by atoms with Crippen molar-refractivity contribution < 1.29 is 14.1 Å². The van der Waals surface area contributed by atoms with Crippen molar-refractivity contribution in [3.63, 3.8) is 0 Å². The molecule has 0 atom stereocenters. The average molecular weight is 213 g/mol. The largest absolute Gasteiger partial charge is 0.508 e. The summed E-state index contributed by atoms with van der Waals surface area (Å²) in [6.07, 6.45) is 2.77. The van der Waals surface area contributed by atoms with Crippen LogP contribution < -0.4 is 0 Å². The Balaban J connectivity index is 3.09. The highest BCUT2D eigenvalue weighted by atomic mass is 32.2. The van der Waals surface area contributed by atoms with E-state index in [9.17, 15) is 9.00 Å². The summed E-state index contributed by atoms with van der Waals surface area (Å²) in [5, 5.41) is 9.10. The van der Waals surface area contributed by atoms with Gasteiger partial charge in [-0.15, -0.1) is 0 Å². The second-order valence-corrected chi connectivity index (χ2v) is 5.67. The number of carbonyl (C=O) groups is 1. The van der Waals surface area contributed by atoms with Crippen LogP contribution >= 0.6 is 0 Å². The molecule has 0 bridgehead atoms. The number of hydrogen-bond acceptors (Lipinski definition) is 3. The molecule has 14 heavy (non-hydrogen) atoms. The quantitative estimate of drug-likeness (QED) is 0.763. The lowest BCUT2D eigenvalue weighted by Crippen LogP contribution is -2.00. The second-order valence-electron chi connectivity index (χ2n) is 3.13. The van der Waals surface area contributed by atoms with Gasteiger partial charge in [0.15, 0.2) is 0 Å². The van der Waals surface area contributed by atoms with E-state index < -0.39 is 15.6 Å². The normalized spacial score (nSPS) is 11.0. The van der Waals surface area contributed by atoms with Gasteiger partial charge in [0.25, 0.3) is 5.91 Å². The van der Waals surface area contributed by atoms with Gasteiger partial charge in [-0.3, -0.25) is 4.79 Å². The van der Waals surface area contributed by atoms with Crippen LogP contribution in [0.4, 0.5) is 0 Å². The van der Waals surface area contributed by atoms with E-state index in [1.165, 1.54) is 36.8 Å². The zero-order valence-electron chi connectivity index (χ0n) is 7.93. The zero-order valence-corrected chi connectivity index (χ0v) is 8.75. The first kappa shape index (κ1) is 10.7. The summed E-state index contributed by atoms with van der Waals surface area (Å²) in [4.78, 5) is 11.4. The number of phenols is 1. The van der Waals surface area contributed by atoms with Gasteiger partial charge in [-0.2, -0.15) is 4.36 Å². The fourth-order valence-corrected chi connectivity index (χ4v) is 1.40. The lowest BCUT2D eigenvalue weighted by molar-refractivity contribution is 0.100. The Labute approximate surface area is 82.8 Å². The van der Waals surface area contributed by atoms with Gasteiger partial charge < -0.3 is 5.11 Å². The van der Waals surface area contributed by atoms with Gasteiger partial charge in [0.05, 0.1) is 0 Å². The molecule has 1 rings (SSSR count). The molecule has 0 aliphatic heterocycles. The Bertz CT molecular complexity index is 465. The lowest BCUT2D eigenvalue weighted by Gasteiger charge is -1.97. The van der Waals surface area contributed by atoms with E-state index in [4.69, 9.17) is 5.11 Å². The van der Waals surface area contributed by atoms with Gasteiger partial charge in [0.2, 0.25) is 0 Å². The number of aromatic hydroxyl groups is 1. The van der Waals surface area contributed by atoms with E-state index in [0.717, 1.165) is 0 Å². The molecule has 1 N–H and O–H groups in total. The number of carbonyl (C=O) groups excluding carboxylic acids is 1. The van der Waals surface area contributed by atoms with E-state index in [1.807, 2.05) is 0 Å². The minimum absolute atomic E-state index is 0.00949. The number of hydrogen-bond donors (Lipinski definition) is 1. The fourth-order valence-electron chi connectivity index (χ4n) is 0.891. The Morgan fingerprint density at radius 3 is 2.57 bits per heavy atom. The standard InChI is InChI=1S/C9H11NO3S/c1-14(2,13)10-9(12)7-4-3-5-8(11)6-7/h3-6,11H,1-2H3. The van der Waals surface area contributed by atoms with Crippen molar-refractivity contribution in [3.8, 4) is 5.75 Å². The third kappa shape index (κ3) is 3.18. The zero-order chi connectivity index (χ0) is 10.8. The van der Waals surface area contributed by atoms with E-state index in [1.54, 1.807) is 0 Å². The Kier molecular flexibility index (Phi) is 2.90. The number of phenolic OH excluding ortho intramolecular Hbond substituents is 1. The van der Waals surface area contributed by atoms with E-state index >= 15 is 0 Å². The topological polar surface area (TPSA) is 66.7 Å². The molecular formula is C9H11NO3S. The Hall–Kier alpha value is -1.36. The van der Waals surface area contributed by atoms with Crippen molar-refractivity contribution >= 4 is 15.6 Å². The molecular weight excluding hydrogens is 202 g/mol. The first-order valence-corrected chi connectivity index (χ1v) is 6.22. The molecule has 0 fully saturated rings. The molecule has 0 saturated heterocycles. The molecule has 1 amide bonds. The van der Waals surface area contributed by atoms with Crippen LogP contribution in [0.15, 0.2) is 28.6 Å². The van der Waals surface area contributed by atoms with E-state index in [-0.39, 0.29) is 11.3 Å². The summed E-state index contributed by atoms with van der Waals surface area (Å²) in [6.45, 7) is 0. The summed E-state index contributed by atoms with van der Waals surface area (Å²) < 4.78 is 14.7. The molecule has 0 radical (unpaired) electrons. The maximum absolute atomic E-state index is 11.4. The van der Waals surface area contributed by atoms with Crippen LogP contribution in [0.25, 0.3) is 0 Å². The number of nitrogens with zero attached hydrogens (tertiary/aromatic N) is 1. The number of rotatable bonds is 1. The summed E-state index contributed by atoms with van der Waals surface area (Å²) in [5.74, 6) is -0.583. The number of benzene rings is 1.